The number of benzene rings is 1. The lowest BCUT2D eigenvalue weighted by molar-refractivity contribution is 0.0697. The number of hydrogen-bond acceptors (Lipinski definition) is 4. The molecule has 0 bridgehead atoms. The van der Waals surface area contributed by atoms with Crippen LogP contribution in [0.3, 0.4) is 0 Å². The lowest BCUT2D eigenvalue weighted by Crippen LogP contribution is -2.01. The zero-order valence-electron chi connectivity index (χ0n) is 9.58. The molecule has 0 radical (unpaired) electrons. The van der Waals surface area contributed by atoms with Gasteiger partial charge in [-0.05, 0) is 25.1 Å². The minimum absolute atomic E-state index is 0.210. The number of aryl methyl sites for hydroxylation is 1. The maximum atomic E-state index is 11.0. The Morgan fingerprint density at radius 1 is 1.44 bits per heavy atom. The fraction of sp³-hybridized carbons (Fsp3) is 0.0833. The maximum absolute atomic E-state index is 11.0. The van der Waals surface area contributed by atoms with E-state index < -0.39 is 5.97 Å². The molecule has 90 valence electrons. The standard InChI is InChI=1S/C12H10N4O2/c1-6-10-11(13)15-8-3-2-7(12(17)18)4-9(8)16(10)5-14-6/h2-5H,1H3,(H2,13,15)(H,17,18). The van der Waals surface area contributed by atoms with Crippen molar-refractivity contribution in [1.82, 2.24) is 14.4 Å². The molecule has 18 heavy (non-hydrogen) atoms. The zero-order chi connectivity index (χ0) is 12.9. The number of carbonyl (C=O) groups is 1. The summed E-state index contributed by atoms with van der Waals surface area (Å²) in [6.45, 7) is 1.83. The molecule has 0 amide bonds. The molecule has 0 aliphatic heterocycles. The van der Waals surface area contributed by atoms with Gasteiger partial charge in [0.25, 0.3) is 0 Å². The van der Waals surface area contributed by atoms with Crippen LogP contribution < -0.4 is 5.73 Å². The van der Waals surface area contributed by atoms with E-state index >= 15 is 0 Å². The van der Waals surface area contributed by atoms with Gasteiger partial charge in [-0.15, -0.1) is 0 Å². The number of nitrogen functional groups attached to an aromatic ring is 1. The van der Waals surface area contributed by atoms with E-state index in [1.54, 1.807) is 22.9 Å². The summed E-state index contributed by atoms with van der Waals surface area (Å²) in [7, 11) is 0. The number of rotatable bonds is 1. The van der Waals surface area contributed by atoms with E-state index in [0.29, 0.717) is 22.4 Å². The van der Waals surface area contributed by atoms with Crippen LogP contribution in [0.15, 0.2) is 24.5 Å². The number of carboxylic acid groups (broad SMARTS) is 1. The van der Waals surface area contributed by atoms with Gasteiger partial charge >= 0.3 is 5.97 Å². The monoisotopic (exact) mass is 242 g/mol. The third kappa shape index (κ3) is 1.32. The number of carboxylic acids is 1. The van der Waals surface area contributed by atoms with Crippen molar-refractivity contribution in [3.8, 4) is 0 Å². The summed E-state index contributed by atoms with van der Waals surface area (Å²) in [4.78, 5) is 19.4. The van der Waals surface area contributed by atoms with Crippen molar-refractivity contribution >= 4 is 28.3 Å². The van der Waals surface area contributed by atoms with Crippen molar-refractivity contribution in [3.63, 3.8) is 0 Å². The van der Waals surface area contributed by atoms with Crippen molar-refractivity contribution in [2.75, 3.05) is 5.73 Å². The average Bonchev–Trinajstić information content (AvgIpc) is 2.72. The van der Waals surface area contributed by atoms with Gasteiger partial charge in [0.2, 0.25) is 0 Å². The minimum Gasteiger partial charge on any atom is -0.478 e. The van der Waals surface area contributed by atoms with Crippen LogP contribution >= 0.6 is 0 Å². The van der Waals surface area contributed by atoms with Gasteiger partial charge in [-0.25, -0.2) is 14.8 Å². The van der Waals surface area contributed by atoms with Crippen LogP contribution in [0.4, 0.5) is 5.82 Å². The van der Waals surface area contributed by atoms with E-state index in [9.17, 15) is 4.79 Å². The number of aromatic nitrogens is 3. The quantitative estimate of drug-likeness (QED) is 0.674. The highest BCUT2D eigenvalue weighted by atomic mass is 16.4. The molecule has 0 spiro atoms. The third-order valence-corrected chi connectivity index (χ3v) is 2.92. The third-order valence-electron chi connectivity index (χ3n) is 2.92. The van der Waals surface area contributed by atoms with Crippen LogP contribution in [0, 0.1) is 6.92 Å². The topological polar surface area (TPSA) is 93.5 Å². The van der Waals surface area contributed by atoms with E-state index in [2.05, 4.69) is 9.97 Å². The Morgan fingerprint density at radius 3 is 2.94 bits per heavy atom. The number of fused-ring (bicyclic) bond motifs is 3. The second kappa shape index (κ2) is 3.43. The highest BCUT2D eigenvalue weighted by Gasteiger charge is 2.11. The molecule has 0 atom stereocenters. The lowest BCUT2D eigenvalue weighted by Gasteiger charge is -2.05. The van der Waals surface area contributed by atoms with Crippen molar-refractivity contribution in [1.29, 1.82) is 0 Å². The van der Waals surface area contributed by atoms with Gasteiger partial charge in [-0.1, -0.05) is 0 Å². The number of nitrogens with zero attached hydrogens (tertiary/aromatic N) is 3. The van der Waals surface area contributed by atoms with Gasteiger partial charge in [0.15, 0.2) is 0 Å². The largest absolute Gasteiger partial charge is 0.478 e. The molecule has 3 rings (SSSR count). The second-order valence-corrected chi connectivity index (χ2v) is 4.05. The molecule has 6 heteroatoms. The molecule has 6 nitrogen and oxygen atoms in total. The van der Waals surface area contributed by atoms with Crippen LogP contribution in [0.1, 0.15) is 16.1 Å². The van der Waals surface area contributed by atoms with Crippen molar-refractivity contribution < 1.29 is 9.90 Å². The predicted octanol–water partition coefficient (Wildman–Crippen LogP) is 1.47. The van der Waals surface area contributed by atoms with Gasteiger partial charge in [0, 0.05) is 0 Å². The summed E-state index contributed by atoms with van der Waals surface area (Å²) < 4.78 is 1.76. The molecule has 0 saturated carbocycles. The fourth-order valence-electron chi connectivity index (χ4n) is 2.06. The summed E-state index contributed by atoms with van der Waals surface area (Å²) in [6, 6.07) is 4.72. The van der Waals surface area contributed by atoms with E-state index in [0.717, 1.165) is 5.69 Å². The zero-order valence-corrected chi connectivity index (χ0v) is 9.58. The number of anilines is 1. The molecular formula is C12H10N4O2. The SMILES string of the molecule is Cc1ncn2c1c(N)nc1ccc(C(=O)O)cc12. The minimum atomic E-state index is -0.973. The van der Waals surface area contributed by atoms with Gasteiger partial charge in [0.05, 0.1) is 22.3 Å². The van der Waals surface area contributed by atoms with Crippen molar-refractivity contribution in [2.24, 2.45) is 0 Å². The van der Waals surface area contributed by atoms with E-state index in [1.807, 2.05) is 6.92 Å². The highest BCUT2D eigenvalue weighted by molar-refractivity contribution is 5.94. The fourth-order valence-corrected chi connectivity index (χ4v) is 2.06. The first-order valence-electron chi connectivity index (χ1n) is 5.34. The van der Waals surface area contributed by atoms with Crippen molar-refractivity contribution in [2.45, 2.75) is 6.92 Å². The van der Waals surface area contributed by atoms with Gasteiger partial charge in [0.1, 0.15) is 17.7 Å². The first kappa shape index (κ1) is 10.5. The Labute approximate surface area is 102 Å². The first-order chi connectivity index (χ1) is 8.58. The van der Waals surface area contributed by atoms with E-state index in [-0.39, 0.29) is 5.56 Å². The number of hydrogen-bond donors (Lipinski definition) is 2. The van der Waals surface area contributed by atoms with Crippen LogP contribution in [-0.4, -0.2) is 25.4 Å². The molecule has 1 aromatic carbocycles. The predicted molar refractivity (Wildman–Crippen MR) is 66.6 cm³/mol. The van der Waals surface area contributed by atoms with Crippen LogP contribution in [0.5, 0.6) is 0 Å². The lowest BCUT2D eigenvalue weighted by atomic mass is 10.2. The van der Waals surface area contributed by atoms with Gasteiger partial charge in [-0.2, -0.15) is 0 Å². The smallest absolute Gasteiger partial charge is 0.335 e. The molecule has 3 N–H and O–H groups in total. The molecule has 2 aromatic heterocycles. The van der Waals surface area contributed by atoms with E-state index in [1.165, 1.54) is 6.07 Å². The summed E-state index contributed by atoms with van der Waals surface area (Å²) in [5.41, 5.74) is 8.89. The Balaban J connectivity index is 2.50. The molecule has 3 aromatic rings. The molecule has 0 fully saturated rings. The number of aromatic carboxylic acids is 1. The van der Waals surface area contributed by atoms with Gasteiger partial charge in [-0.3, -0.25) is 4.40 Å². The summed E-state index contributed by atoms with van der Waals surface area (Å²) in [6.07, 6.45) is 1.62. The molecule has 0 unspecified atom stereocenters. The van der Waals surface area contributed by atoms with Gasteiger partial charge < -0.3 is 10.8 Å². The number of imidazole rings is 1. The van der Waals surface area contributed by atoms with E-state index in [4.69, 9.17) is 10.8 Å². The maximum Gasteiger partial charge on any atom is 0.335 e. The summed E-state index contributed by atoms with van der Waals surface area (Å²) >= 11 is 0. The Kier molecular flexibility index (Phi) is 2.00. The Hall–Kier alpha value is -2.63. The van der Waals surface area contributed by atoms with Crippen LogP contribution in [-0.2, 0) is 0 Å². The molecule has 2 heterocycles. The normalized spacial score (nSPS) is 11.2. The Bertz CT molecular complexity index is 791. The summed E-state index contributed by atoms with van der Waals surface area (Å²) in [5, 5.41) is 9.01. The second-order valence-electron chi connectivity index (χ2n) is 4.05. The molecule has 0 aliphatic carbocycles. The first-order valence-corrected chi connectivity index (χ1v) is 5.34. The molecule has 0 saturated heterocycles. The Morgan fingerprint density at radius 2 is 2.22 bits per heavy atom. The molecule has 0 aliphatic rings. The average molecular weight is 242 g/mol. The van der Waals surface area contributed by atoms with Crippen LogP contribution in [0.2, 0.25) is 0 Å². The van der Waals surface area contributed by atoms with Crippen LogP contribution in [0.25, 0.3) is 16.6 Å². The molecular weight excluding hydrogens is 232 g/mol. The highest BCUT2D eigenvalue weighted by Crippen LogP contribution is 2.22. The van der Waals surface area contributed by atoms with Crippen molar-refractivity contribution in [3.05, 3.63) is 35.8 Å². The summed E-state index contributed by atoms with van der Waals surface area (Å²) in [5.74, 6) is -0.584. The number of nitrogens with two attached hydrogens (primary N) is 1.